The van der Waals surface area contributed by atoms with Gasteiger partial charge in [-0.3, -0.25) is 10.6 Å². The Morgan fingerprint density at radius 3 is 1.35 bits per heavy atom. The van der Waals surface area contributed by atoms with Crippen molar-refractivity contribution in [2.45, 2.75) is 52.0 Å². The van der Waals surface area contributed by atoms with Gasteiger partial charge in [0.2, 0.25) is 0 Å². The average Bonchev–Trinajstić information content (AvgIpc) is 2.11. The normalized spacial score (nSPS) is 13.1. The van der Waals surface area contributed by atoms with Crippen LogP contribution in [0.3, 0.4) is 0 Å². The van der Waals surface area contributed by atoms with Crippen LogP contribution in [0, 0.1) is 0 Å². The van der Waals surface area contributed by atoms with Gasteiger partial charge in [-0.25, -0.2) is 0 Å². The third-order valence-electron chi connectivity index (χ3n) is 2.18. The Labute approximate surface area is 105 Å². The van der Waals surface area contributed by atoms with Gasteiger partial charge in [0.25, 0.3) is 0 Å². The van der Waals surface area contributed by atoms with E-state index in [0.717, 1.165) is 39.0 Å². The van der Waals surface area contributed by atoms with Crippen molar-refractivity contribution in [1.29, 1.82) is 0 Å². The van der Waals surface area contributed by atoms with Crippen molar-refractivity contribution in [2.24, 2.45) is 0 Å². The van der Waals surface area contributed by atoms with Crippen molar-refractivity contribution < 1.29 is 10.2 Å². The summed E-state index contributed by atoms with van der Waals surface area (Å²) in [5.74, 6) is 0. The minimum Gasteiger partial charge on any atom is -0.376 e. The van der Waals surface area contributed by atoms with E-state index in [9.17, 15) is 10.2 Å². The van der Waals surface area contributed by atoms with Crippen molar-refractivity contribution in [3.8, 4) is 0 Å². The monoisotopic (exact) mass is 247 g/mol. The highest BCUT2D eigenvalue weighted by molar-refractivity contribution is 4.63. The lowest BCUT2D eigenvalue weighted by Gasteiger charge is -2.19. The molecule has 0 aromatic carbocycles. The topological polar surface area (TPSA) is 76.5 Å². The molecule has 0 atom stereocenters. The Morgan fingerprint density at radius 2 is 1.06 bits per heavy atom. The van der Waals surface area contributed by atoms with Crippen LogP contribution in [0.1, 0.15) is 40.5 Å². The fraction of sp³-hybridized carbons (Fsp3) is 1.00. The summed E-state index contributed by atoms with van der Waals surface area (Å²) in [5.41, 5.74) is -1.56. The lowest BCUT2D eigenvalue weighted by Crippen LogP contribution is -2.40. The van der Waals surface area contributed by atoms with Crippen LogP contribution in [0.5, 0.6) is 0 Å². The first kappa shape index (κ1) is 16.8. The summed E-state index contributed by atoms with van der Waals surface area (Å²) in [7, 11) is 0. The summed E-state index contributed by atoms with van der Waals surface area (Å²) in [6.07, 6.45) is 1.98. The van der Waals surface area contributed by atoms with Gasteiger partial charge in [-0.1, -0.05) is 0 Å². The Balaban J connectivity index is 3.15. The molecule has 0 saturated heterocycles. The number of rotatable bonds is 10. The van der Waals surface area contributed by atoms with Crippen LogP contribution in [0.15, 0.2) is 0 Å². The Bertz CT molecular complexity index is 165. The molecule has 0 aliphatic rings. The van der Waals surface area contributed by atoms with Crippen LogP contribution in [0.4, 0.5) is 0 Å². The molecule has 104 valence electrons. The van der Waals surface area contributed by atoms with Gasteiger partial charge in [0.05, 0.1) is 0 Å². The first-order chi connectivity index (χ1) is 7.71. The van der Waals surface area contributed by atoms with Crippen molar-refractivity contribution >= 4 is 0 Å². The molecule has 0 rings (SSSR count). The van der Waals surface area contributed by atoms with Crippen LogP contribution in [-0.2, 0) is 0 Å². The second-order valence-corrected chi connectivity index (χ2v) is 5.43. The zero-order chi connectivity index (χ0) is 13.4. The van der Waals surface area contributed by atoms with E-state index in [1.54, 1.807) is 27.7 Å². The minimum atomic E-state index is -0.781. The number of nitrogens with one attached hydrogen (secondary N) is 3. The zero-order valence-electron chi connectivity index (χ0n) is 11.6. The molecule has 0 aliphatic heterocycles. The van der Waals surface area contributed by atoms with Gasteiger partial charge in [-0.05, 0) is 66.7 Å². The van der Waals surface area contributed by atoms with Crippen LogP contribution in [0.25, 0.3) is 0 Å². The Morgan fingerprint density at radius 1 is 0.706 bits per heavy atom. The molecule has 0 unspecified atom stereocenters. The van der Waals surface area contributed by atoms with Gasteiger partial charge in [-0.15, -0.1) is 0 Å². The van der Waals surface area contributed by atoms with Crippen molar-refractivity contribution in [2.75, 3.05) is 26.2 Å². The van der Waals surface area contributed by atoms with Crippen molar-refractivity contribution in [3.05, 3.63) is 0 Å². The Kier molecular flexibility index (Phi) is 7.91. The summed E-state index contributed by atoms with van der Waals surface area (Å²) in [6.45, 7) is 10.4. The van der Waals surface area contributed by atoms with Crippen LogP contribution in [-0.4, -0.2) is 47.8 Å². The third-order valence-corrected chi connectivity index (χ3v) is 2.18. The highest BCUT2D eigenvalue weighted by atomic mass is 16.3. The van der Waals surface area contributed by atoms with Crippen LogP contribution < -0.4 is 16.0 Å². The van der Waals surface area contributed by atoms with E-state index in [2.05, 4.69) is 16.0 Å². The lowest BCUT2D eigenvalue weighted by molar-refractivity contribution is 0.0436. The molecule has 0 bridgehead atoms. The van der Waals surface area contributed by atoms with Gasteiger partial charge < -0.3 is 15.5 Å². The summed E-state index contributed by atoms with van der Waals surface area (Å²) >= 11 is 0. The first-order valence-corrected chi connectivity index (χ1v) is 6.36. The van der Waals surface area contributed by atoms with Crippen molar-refractivity contribution in [3.63, 3.8) is 0 Å². The standard InChI is InChI=1S/C12H29N3O2/c1-11(2,16)14-9-5-7-13-8-6-10-15-12(3,4)17/h13-17H,5-10H2,1-4H3. The molecular formula is C12H29N3O2. The molecule has 0 fully saturated rings. The van der Waals surface area contributed by atoms with E-state index in [4.69, 9.17) is 0 Å². The average molecular weight is 247 g/mol. The van der Waals surface area contributed by atoms with E-state index in [1.807, 2.05) is 0 Å². The highest BCUT2D eigenvalue weighted by Crippen LogP contribution is 1.94. The lowest BCUT2D eigenvalue weighted by atomic mass is 10.3. The number of aliphatic hydroxyl groups is 2. The smallest absolute Gasteiger partial charge is 0.110 e. The van der Waals surface area contributed by atoms with Gasteiger partial charge >= 0.3 is 0 Å². The predicted molar refractivity (Wildman–Crippen MR) is 70.7 cm³/mol. The fourth-order valence-corrected chi connectivity index (χ4v) is 1.34. The molecule has 0 aromatic heterocycles. The van der Waals surface area contributed by atoms with Gasteiger partial charge in [0, 0.05) is 0 Å². The molecule has 0 spiro atoms. The largest absolute Gasteiger partial charge is 0.376 e. The molecule has 0 aliphatic carbocycles. The maximum absolute atomic E-state index is 9.40. The zero-order valence-corrected chi connectivity index (χ0v) is 11.6. The van der Waals surface area contributed by atoms with Gasteiger partial charge in [-0.2, -0.15) is 0 Å². The summed E-state index contributed by atoms with van der Waals surface area (Å²) in [6, 6.07) is 0. The minimum absolute atomic E-state index is 0.781. The molecule has 17 heavy (non-hydrogen) atoms. The van der Waals surface area contributed by atoms with Crippen LogP contribution >= 0.6 is 0 Å². The molecule has 0 radical (unpaired) electrons. The van der Waals surface area contributed by atoms with E-state index >= 15 is 0 Å². The summed E-state index contributed by atoms with van der Waals surface area (Å²) < 4.78 is 0. The molecule has 0 aromatic rings. The quantitative estimate of drug-likeness (QED) is 0.277. The van der Waals surface area contributed by atoms with E-state index < -0.39 is 11.4 Å². The second-order valence-electron chi connectivity index (χ2n) is 5.43. The first-order valence-electron chi connectivity index (χ1n) is 6.36. The SMILES string of the molecule is CC(C)(O)NCCCNCCCNC(C)(C)O. The Hall–Kier alpha value is -0.200. The maximum atomic E-state index is 9.40. The molecule has 5 heteroatoms. The third kappa shape index (κ3) is 15.8. The van der Waals surface area contributed by atoms with Gasteiger partial charge in [0.15, 0.2) is 0 Å². The highest BCUT2D eigenvalue weighted by Gasteiger charge is 2.10. The van der Waals surface area contributed by atoms with E-state index in [-0.39, 0.29) is 0 Å². The van der Waals surface area contributed by atoms with Crippen LogP contribution in [0.2, 0.25) is 0 Å². The summed E-state index contributed by atoms with van der Waals surface area (Å²) in [5, 5.41) is 28.1. The van der Waals surface area contributed by atoms with E-state index in [1.165, 1.54) is 0 Å². The molecule has 0 heterocycles. The molecule has 0 amide bonds. The number of hydrogen-bond acceptors (Lipinski definition) is 5. The van der Waals surface area contributed by atoms with E-state index in [0.29, 0.717) is 0 Å². The van der Waals surface area contributed by atoms with Gasteiger partial charge in [0.1, 0.15) is 11.4 Å². The molecular weight excluding hydrogens is 218 g/mol. The fourth-order valence-electron chi connectivity index (χ4n) is 1.34. The second kappa shape index (κ2) is 8.00. The number of hydrogen-bond donors (Lipinski definition) is 5. The molecule has 5 N–H and O–H groups in total. The van der Waals surface area contributed by atoms with Crippen molar-refractivity contribution in [1.82, 2.24) is 16.0 Å². The maximum Gasteiger partial charge on any atom is 0.110 e. The molecule has 5 nitrogen and oxygen atoms in total. The predicted octanol–water partition coefficient (Wildman–Crippen LogP) is -0.00780. The molecule has 0 saturated carbocycles. The summed E-state index contributed by atoms with van der Waals surface area (Å²) in [4.78, 5) is 0.